The average Bonchev–Trinajstić information content (AvgIpc) is 3.29. The number of urea groups is 1. The lowest BCUT2D eigenvalue weighted by Gasteiger charge is -2.20. The van der Waals surface area contributed by atoms with Crippen LogP contribution in [-0.4, -0.2) is 10.6 Å². The Morgan fingerprint density at radius 3 is 2.74 bits per heavy atom. The summed E-state index contributed by atoms with van der Waals surface area (Å²) in [5, 5.41) is 7.28. The van der Waals surface area contributed by atoms with Crippen LogP contribution in [0.2, 0.25) is 0 Å². The first kappa shape index (κ1) is 18.3. The second-order valence-corrected chi connectivity index (χ2v) is 8.85. The number of carbonyl (C=O) groups is 1. The first-order valence-corrected chi connectivity index (χ1v) is 10.8. The number of fused-ring (bicyclic) bond motifs is 1. The number of aryl methyl sites for hydroxylation is 1. The maximum atomic E-state index is 12.6. The molecule has 6 heteroatoms. The highest BCUT2D eigenvalue weighted by Crippen LogP contribution is 2.40. The molecule has 140 valence electrons. The van der Waals surface area contributed by atoms with Crippen molar-refractivity contribution in [1.29, 1.82) is 0 Å². The fraction of sp³-hybridized carbons (Fsp3) is 0.286. The molecule has 2 heterocycles. The minimum Gasteiger partial charge on any atom is -0.331 e. The van der Waals surface area contributed by atoms with Crippen molar-refractivity contribution in [2.75, 3.05) is 5.32 Å². The van der Waals surface area contributed by atoms with Crippen LogP contribution >= 0.6 is 27.3 Å². The molecule has 0 bridgehead atoms. The second-order valence-electron chi connectivity index (χ2n) is 6.85. The summed E-state index contributed by atoms with van der Waals surface area (Å²) in [6.45, 7) is 2.07. The van der Waals surface area contributed by atoms with Gasteiger partial charge in [-0.1, -0.05) is 22.0 Å². The maximum Gasteiger partial charge on any atom is 0.319 e. The number of amides is 2. The van der Waals surface area contributed by atoms with E-state index in [1.54, 1.807) is 0 Å². The normalized spacial score (nSPS) is 14.4. The van der Waals surface area contributed by atoms with Crippen LogP contribution in [0.5, 0.6) is 0 Å². The first-order valence-electron chi connectivity index (χ1n) is 9.22. The Labute approximate surface area is 171 Å². The van der Waals surface area contributed by atoms with Gasteiger partial charge in [0.1, 0.15) is 5.00 Å². The van der Waals surface area contributed by atoms with Crippen molar-refractivity contribution in [2.45, 2.75) is 38.6 Å². The van der Waals surface area contributed by atoms with E-state index < -0.39 is 0 Å². The third-order valence-electron chi connectivity index (χ3n) is 4.89. The number of hydrogen-bond acceptors (Lipinski definition) is 2. The quantitative estimate of drug-likeness (QED) is 0.505. The maximum absolute atomic E-state index is 12.6. The molecular weight excluding hydrogens is 422 g/mol. The van der Waals surface area contributed by atoms with Crippen LogP contribution in [0.1, 0.15) is 41.8 Å². The molecule has 0 saturated heterocycles. The van der Waals surface area contributed by atoms with E-state index in [0.717, 1.165) is 23.0 Å². The molecule has 1 aliphatic carbocycles. The number of halogens is 1. The molecule has 0 unspecified atom stereocenters. The van der Waals surface area contributed by atoms with E-state index in [-0.39, 0.29) is 12.1 Å². The van der Waals surface area contributed by atoms with Crippen LogP contribution in [0, 0.1) is 0 Å². The zero-order valence-corrected chi connectivity index (χ0v) is 17.6. The van der Waals surface area contributed by atoms with Gasteiger partial charge in [-0.05, 0) is 68.5 Å². The number of nitrogens with zero attached hydrogens (tertiary/aromatic N) is 1. The van der Waals surface area contributed by atoms with E-state index in [0.29, 0.717) is 0 Å². The fourth-order valence-electron chi connectivity index (χ4n) is 3.69. The zero-order valence-electron chi connectivity index (χ0n) is 15.2. The number of anilines is 1. The third-order valence-corrected chi connectivity index (χ3v) is 6.71. The van der Waals surface area contributed by atoms with Gasteiger partial charge in [0.15, 0.2) is 0 Å². The van der Waals surface area contributed by atoms with Gasteiger partial charge < -0.3 is 15.2 Å². The smallest absolute Gasteiger partial charge is 0.319 e. The van der Waals surface area contributed by atoms with E-state index in [2.05, 4.69) is 50.4 Å². The Kier molecular flexibility index (Phi) is 5.36. The van der Waals surface area contributed by atoms with Gasteiger partial charge in [-0.25, -0.2) is 4.79 Å². The Morgan fingerprint density at radius 1 is 1.19 bits per heavy atom. The summed E-state index contributed by atoms with van der Waals surface area (Å²) in [5.74, 6) is 0. The second kappa shape index (κ2) is 7.90. The lowest BCUT2D eigenvalue weighted by atomic mass is 9.93. The van der Waals surface area contributed by atoms with Crippen LogP contribution in [0.25, 0.3) is 5.00 Å². The molecular formula is C21H22BrN3OS. The molecule has 0 spiro atoms. The van der Waals surface area contributed by atoms with Crippen molar-refractivity contribution < 1.29 is 4.79 Å². The predicted molar refractivity (Wildman–Crippen MR) is 115 cm³/mol. The molecule has 2 amide bonds. The number of hydrogen-bond donors (Lipinski definition) is 2. The topological polar surface area (TPSA) is 46.1 Å². The van der Waals surface area contributed by atoms with Crippen molar-refractivity contribution in [2.24, 2.45) is 0 Å². The zero-order chi connectivity index (χ0) is 18.8. The highest BCUT2D eigenvalue weighted by atomic mass is 79.9. The van der Waals surface area contributed by atoms with Crippen molar-refractivity contribution in [3.8, 4) is 5.00 Å². The molecule has 0 aliphatic heterocycles. The minimum absolute atomic E-state index is 0.0624. The number of nitrogens with one attached hydrogen (secondary N) is 2. The van der Waals surface area contributed by atoms with E-state index in [9.17, 15) is 4.79 Å². The van der Waals surface area contributed by atoms with Crippen LogP contribution in [0.3, 0.4) is 0 Å². The predicted octanol–water partition coefficient (Wildman–Crippen LogP) is 6.06. The van der Waals surface area contributed by atoms with E-state index in [4.69, 9.17) is 0 Å². The summed E-state index contributed by atoms with van der Waals surface area (Å²) < 4.78 is 3.11. The van der Waals surface area contributed by atoms with Gasteiger partial charge >= 0.3 is 6.03 Å². The van der Waals surface area contributed by atoms with Crippen LogP contribution in [-0.2, 0) is 12.8 Å². The van der Waals surface area contributed by atoms with Gasteiger partial charge in [-0.15, -0.1) is 11.3 Å². The number of benzene rings is 1. The molecule has 4 nitrogen and oxygen atoms in total. The molecule has 1 aliphatic rings. The monoisotopic (exact) mass is 443 g/mol. The standard InChI is InChI=1S/C21H22BrN3OS/c1-14(23-21(26)24-16-8-6-7-15(22)13-16)19-17-9-2-3-10-18(17)27-20(19)25-11-4-5-12-25/h4-8,11-14H,2-3,9-10H2,1H3,(H2,23,24,26)/t14-/m0/s1. The van der Waals surface area contributed by atoms with Crippen molar-refractivity contribution in [3.05, 3.63) is 69.3 Å². The lowest BCUT2D eigenvalue weighted by Crippen LogP contribution is -2.32. The first-order chi connectivity index (χ1) is 13.1. The number of aromatic nitrogens is 1. The summed E-state index contributed by atoms with van der Waals surface area (Å²) in [4.78, 5) is 14.0. The Balaban J connectivity index is 1.58. The van der Waals surface area contributed by atoms with Crippen LogP contribution in [0.4, 0.5) is 10.5 Å². The third kappa shape index (κ3) is 3.96. The molecule has 0 radical (unpaired) electrons. The molecule has 1 atom stereocenters. The van der Waals surface area contributed by atoms with Crippen molar-refractivity contribution in [1.82, 2.24) is 9.88 Å². The number of rotatable bonds is 4. The van der Waals surface area contributed by atoms with Gasteiger partial charge in [-0.2, -0.15) is 0 Å². The van der Waals surface area contributed by atoms with Crippen molar-refractivity contribution in [3.63, 3.8) is 0 Å². The molecule has 2 aromatic heterocycles. The van der Waals surface area contributed by atoms with Gasteiger partial charge in [0, 0.05) is 33.0 Å². The molecule has 2 N–H and O–H groups in total. The van der Waals surface area contributed by atoms with Gasteiger partial charge in [-0.3, -0.25) is 0 Å². The molecule has 27 heavy (non-hydrogen) atoms. The summed E-state index contributed by atoms with van der Waals surface area (Å²) >= 11 is 5.30. The summed E-state index contributed by atoms with van der Waals surface area (Å²) in [5.41, 5.74) is 3.47. The Bertz CT molecular complexity index is 948. The summed E-state index contributed by atoms with van der Waals surface area (Å²) in [7, 11) is 0. The van der Waals surface area contributed by atoms with E-state index in [1.165, 1.54) is 33.8 Å². The fourth-order valence-corrected chi connectivity index (χ4v) is 5.54. The van der Waals surface area contributed by atoms with Crippen LogP contribution in [0.15, 0.2) is 53.3 Å². The minimum atomic E-state index is -0.185. The summed E-state index contributed by atoms with van der Waals surface area (Å²) in [6.07, 6.45) is 8.87. The Hall–Kier alpha value is -2.05. The van der Waals surface area contributed by atoms with Crippen LogP contribution < -0.4 is 10.6 Å². The van der Waals surface area contributed by atoms with Gasteiger partial charge in [0.05, 0.1) is 6.04 Å². The lowest BCUT2D eigenvalue weighted by molar-refractivity contribution is 0.249. The van der Waals surface area contributed by atoms with E-state index >= 15 is 0 Å². The highest BCUT2D eigenvalue weighted by molar-refractivity contribution is 9.10. The highest BCUT2D eigenvalue weighted by Gasteiger charge is 2.25. The summed E-state index contributed by atoms with van der Waals surface area (Å²) in [6, 6.07) is 11.5. The molecule has 3 aromatic rings. The average molecular weight is 444 g/mol. The molecule has 1 aromatic carbocycles. The van der Waals surface area contributed by atoms with Gasteiger partial charge in [0.2, 0.25) is 0 Å². The Morgan fingerprint density at radius 2 is 1.96 bits per heavy atom. The van der Waals surface area contributed by atoms with E-state index in [1.807, 2.05) is 47.7 Å². The van der Waals surface area contributed by atoms with Gasteiger partial charge in [0.25, 0.3) is 0 Å². The largest absolute Gasteiger partial charge is 0.331 e. The molecule has 0 saturated carbocycles. The molecule has 4 rings (SSSR count). The van der Waals surface area contributed by atoms with Crippen molar-refractivity contribution >= 4 is 39.0 Å². The SMILES string of the molecule is C[C@H](NC(=O)Nc1cccc(Br)c1)c1c(-n2cccc2)sc2c1CCCC2. The number of thiophene rings is 1. The molecule has 0 fully saturated rings. The number of carbonyl (C=O) groups excluding carboxylic acids is 1.